The molecule has 2 aromatic rings. The minimum absolute atomic E-state index is 0.0105. The summed E-state index contributed by atoms with van der Waals surface area (Å²) in [5.74, 6) is 0.685. The Labute approximate surface area is 223 Å². The molecule has 0 saturated heterocycles. The monoisotopic (exact) mass is 512 g/mol. The molecule has 8 heteroatoms. The van der Waals surface area contributed by atoms with Crippen molar-refractivity contribution in [2.75, 3.05) is 27.4 Å². The van der Waals surface area contributed by atoms with Crippen LogP contribution in [0, 0.1) is 28.1 Å². The fraction of sp³-hybridized carbons (Fsp3) is 0.367. The molecule has 0 spiro atoms. The molecule has 8 nitrogen and oxygen atoms in total. The molecule has 0 unspecified atom stereocenters. The van der Waals surface area contributed by atoms with Gasteiger partial charge >= 0.3 is 0 Å². The van der Waals surface area contributed by atoms with Gasteiger partial charge in [0, 0.05) is 36.9 Å². The fourth-order valence-corrected chi connectivity index (χ4v) is 5.24. The molecule has 2 aliphatic rings. The Morgan fingerprint density at radius 3 is 2.53 bits per heavy atom. The predicted molar refractivity (Wildman–Crippen MR) is 142 cm³/mol. The van der Waals surface area contributed by atoms with E-state index < -0.39 is 5.92 Å². The minimum Gasteiger partial charge on any atom is -0.493 e. The second-order valence-corrected chi connectivity index (χ2v) is 10.3. The van der Waals surface area contributed by atoms with Crippen molar-refractivity contribution in [2.45, 2.75) is 39.2 Å². The van der Waals surface area contributed by atoms with E-state index in [2.05, 4.69) is 26.0 Å². The number of ether oxygens (including phenoxy) is 3. The zero-order valence-electron chi connectivity index (χ0n) is 22.2. The van der Waals surface area contributed by atoms with Crippen LogP contribution in [0.15, 0.2) is 65.1 Å². The molecule has 2 aromatic carbocycles. The maximum absolute atomic E-state index is 13.6. The van der Waals surface area contributed by atoms with Crippen LogP contribution < -0.4 is 15.2 Å². The van der Waals surface area contributed by atoms with Crippen LogP contribution in [0.5, 0.6) is 11.5 Å². The van der Waals surface area contributed by atoms with Gasteiger partial charge in [0.05, 0.1) is 42.9 Å². The largest absolute Gasteiger partial charge is 0.493 e. The maximum atomic E-state index is 13.6. The number of rotatable bonds is 8. The number of carbonyl (C=O) groups is 1. The Kier molecular flexibility index (Phi) is 7.75. The first kappa shape index (κ1) is 26.8. The van der Waals surface area contributed by atoms with Gasteiger partial charge in [-0.15, -0.1) is 0 Å². The van der Waals surface area contributed by atoms with Gasteiger partial charge in [-0.25, -0.2) is 0 Å². The zero-order valence-corrected chi connectivity index (χ0v) is 22.2. The van der Waals surface area contributed by atoms with E-state index in [1.54, 1.807) is 31.4 Å². The number of Topliss-reactive ketones (excluding diaryl/α,β-unsaturated/α-hetero) is 1. The van der Waals surface area contributed by atoms with E-state index in [-0.39, 0.29) is 17.8 Å². The fourth-order valence-electron chi connectivity index (χ4n) is 5.24. The van der Waals surface area contributed by atoms with Gasteiger partial charge in [0.2, 0.25) is 0 Å². The summed E-state index contributed by atoms with van der Waals surface area (Å²) in [6, 6.07) is 17.1. The maximum Gasteiger partial charge on any atom is 0.162 e. The number of ketones is 1. The highest BCUT2D eigenvalue weighted by molar-refractivity contribution is 6.00. The summed E-state index contributed by atoms with van der Waals surface area (Å²) in [7, 11) is 3.15. The number of hydrogen-bond acceptors (Lipinski definition) is 8. The lowest BCUT2D eigenvalue weighted by Gasteiger charge is -2.43. The number of methoxy groups -OCH3 is 2. The van der Waals surface area contributed by atoms with Gasteiger partial charge in [-0.05, 0) is 35.6 Å². The normalized spacial score (nSPS) is 18.5. The van der Waals surface area contributed by atoms with Crippen LogP contribution in [-0.4, -0.2) is 38.1 Å². The number of nitriles is 2. The Balaban J connectivity index is 1.76. The number of benzene rings is 2. The van der Waals surface area contributed by atoms with Crippen LogP contribution in [0.2, 0.25) is 0 Å². The van der Waals surface area contributed by atoms with Gasteiger partial charge < -0.3 is 24.8 Å². The highest BCUT2D eigenvalue weighted by Crippen LogP contribution is 2.49. The molecule has 38 heavy (non-hydrogen) atoms. The van der Waals surface area contributed by atoms with Crippen molar-refractivity contribution < 1.29 is 19.0 Å². The number of allylic oxidation sites excluding steroid dienone is 3. The molecule has 4 rings (SSSR count). The SMILES string of the molecule is COCCN1C(N)=C(C#N)[C@H](c2ccc(OCc3ccccc3C#N)c(OC)c2)C2=C1CC(C)(C)CC2=O. The minimum atomic E-state index is -0.611. The third kappa shape index (κ3) is 5.09. The topological polar surface area (TPSA) is 122 Å². The molecule has 196 valence electrons. The molecule has 1 atom stereocenters. The third-order valence-electron chi connectivity index (χ3n) is 7.05. The highest BCUT2D eigenvalue weighted by atomic mass is 16.5. The van der Waals surface area contributed by atoms with Crippen LogP contribution in [0.4, 0.5) is 0 Å². The average molecular weight is 513 g/mol. The molecule has 0 amide bonds. The summed E-state index contributed by atoms with van der Waals surface area (Å²) in [4.78, 5) is 15.5. The quantitative estimate of drug-likeness (QED) is 0.548. The molecule has 1 heterocycles. The molecule has 1 aliphatic carbocycles. The van der Waals surface area contributed by atoms with Crippen molar-refractivity contribution in [3.8, 4) is 23.6 Å². The number of carbonyl (C=O) groups excluding carboxylic acids is 1. The number of nitrogens with zero attached hydrogens (tertiary/aromatic N) is 3. The van der Waals surface area contributed by atoms with Crippen LogP contribution >= 0.6 is 0 Å². The van der Waals surface area contributed by atoms with Crippen LogP contribution in [-0.2, 0) is 16.1 Å². The van der Waals surface area contributed by atoms with E-state index in [9.17, 15) is 15.3 Å². The summed E-state index contributed by atoms with van der Waals surface area (Å²) < 4.78 is 16.9. The van der Waals surface area contributed by atoms with Crippen LogP contribution in [0.3, 0.4) is 0 Å². The Bertz CT molecular complexity index is 1390. The van der Waals surface area contributed by atoms with Crippen molar-refractivity contribution >= 4 is 5.78 Å². The van der Waals surface area contributed by atoms with Gasteiger partial charge in [0.15, 0.2) is 17.3 Å². The second-order valence-electron chi connectivity index (χ2n) is 10.3. The third-order valence-corrected chi connectivity index (χ3v) is 7.05. The van der Waals surface area contributed by atoms with Crippen molar-refractivity contribution in [1.29, 1.82) is 10.5 Å². The molecular formula is C30H32N4O4. The van der Waals surface area contributed by atoms with E-state index in [0.29, 0.717) is 60.0 Å². The van der Waals surface area contributed by atoms with Crippen molar-refractivity contribution in [2.24, 2.45) is 11.1 Å². The van der Waals surface area contributed by atoms with E-state index in [1.165, 1.54) is 7.11 Å². The lowest BCUT2D eigenvalue weighted by Crippen LogP contribution is -2.43. The molecule has 0 radical (unpaired) electrons. The molecule has 0 bridgehead atoms. The van der Waals surface area contributed by atoms with Gasteiger partial charge in [-0.2, -0.15) is 10.5 Å². The lowest BCUT2D eigenvalue weighted by molar-refractivity contribution is -0.118. The Hall–Kier alpha value is -4.27. The number of nitrogens with two attached hydrogens (primary N) is 1. The molecular weight excluding hydrogens is 480 g/mol. The summed E-state index contributed by atoms with van der Waals surface area (Å²) in [6.07, 6.45) is 1.04. The van der Waals surface area contributed by atoms with Crippen LogP contribution in [0.1, 0.15) is 49.3 Å². The summed E-state index contributed by atoms with van der Waals surface area (Å²) >= 11 is 0. The van der Waals surface area contributed by atoms with Gasteiger partial charge in [0.25, 0.3) is 0 Å². The average Bonchev–Trinajstić information content (AvgIpc) is 2.90. The predicted octanol–water partition coefficient (Wildman–Crippen LogP) is 4.53. The lowest BCUT2D eigenvalue weighted by atomic mass is 9.68. The standard InChI is InChI=1S/C30H32N4O4/c1-30(2)14-23-28(24(35)15-30)27(22(17-32)29(33)34(23)11-12-36-3)19-9-10-25(26(13-19)37-4)38-18-21-8-6-5-7-20(21)16-31/h5-10,13,27H,11-12,14-15,18,33H2,1-4H3/t27-/m0/s1. The van der Waals surface area contributed by atoms with E-state index in [4.69, 9.17) is 19.9 Å². The Morgan fingerprint density at radius 2 is 1.84 bits per heavy atom. The van der Waals surface area contributed by atoms with Gasteiger partial charge in [-0.3, -0.25) is 4.79 Å². The zero-order chi connectivity index (χ0) is 27.4. The first-order valence-corrected chi connectivity index (χ1v) is 12.5. The van der Waals surface area contributed by atoms with Gasteiger partial charge in [0.1, 0.15) is 12.4 Å². The Morgan fingerprint density at radius 1 is 1.08 bits per heavy atom. The van der Waals surface area contributed by atoms with Crippen molar-refractivity contribution in [1.82, 2.24) is 4.90 Å². The second kappa shape index (κ2) is 11.0. The smallest absolute Gasteiger partial charge is 0.162 e. The molecule has 0 saturated carbocycles. The first-order valence-electron chi connectivity index (χ1n) is 12.5. The molecule has 0 aromatic heterocycles. The van der Waals surface area contributed by atoms with E-state index in [0.717, 1.165) is 16.8 Å². The van der Waals surface area contributed by atoms with Gasteiger partial charge in [-0.1, -0.05) is 38.1 Å². The number of hydrogen-bond donors (Lipinski definition) is 1. The molecule has 2 N–H and O–H groups in total. The van der Waals surface area contributed by atoms with Crippen molar-refractivity contribution in [3.05, 3.63) is 81.8 Å². The van der Waals surface area contributed by atoms with Crippen molar-refractivity contribution in [3.63, 3.8) is 0 Å². The van der Waals surface area contributed by atoms with Crippen LogP contribution in [0.25, 0.3) is 0 Å². The van der Waals surface area contributed by atoms with E-state index >= 15 is 0 Å². The summed E-state index contributed by atoms with van der Waals surface area (Å²) in [5, 5.41) is 19.6. The molecule has 1 aliphatic heterocycles. The highest BCUT2D eigenvalue weighted by Gasteiger charge is 2.44. The van der Waals surface area contributed by atoms with E-state index in [1.807, 2.05) is 23.1 Å². The summed E-state index contributed by atoms with van der Waals surface area (Å²) in [6.45, 7) is 5.18. The summed E-state index contributed by atoms with van der Waals surface area (Å²) in [5.41, 5.74) is 10.1. The molecule has 0 fully saturated rings. The first-order chi connectivity index (χ1) is 18.2.